The van der Waals surface area contributed by atoms with Crippen LogP contribution in [0.4, 0.5) is 0 Å². The Kier molecular flexibility index (Phi) is 2.22. The molecule has 0 aromatic heterocycles. The predicted octanol–water partition coefficient (Wildman–Crippen LogP) is -1.21. The molecule has 0 saturated carbocycles. The first-order chi connectivity index (χ1) is 5.63. The molecule has 0 aromatic carbocycles. The predicted molar refractivity (Wildman–Crippen MR) is 43.5 cm³/mol. The first-order valence-electron chi connectivity index (χ1n) is 4.12. The van der Waals surface area contributed by atoms with Crippen LogP contribution in [-0.4, -0.2) is 44.7 Å². The van der Waals surface area contributed by atoms with Crippen LogP contribution in [0.25, 0.3) is 0 Å². The second-order valence-electron chi connectivity index (χ2n) is 4.45. The number of hydrogen-bond donors (Lipinski definition) is 4. The molecule has 0 spiro atoms. The van der Waals surface area contributed by atoms with Gasteiger partial charge in [0.15, 0.2) is 0 Å². The summed E-state index contributed by atoms with van der Waals surface area (Å²) in [6.07, 6.45) is -1.49. The van der Waals surface area contributed by atoms with Crippen molar-refractivity contribution in [2.75, 3.05) is 6.61 Å². The van der Waals surface area contributed by atoms with Gasteiger partial charge >= 0.3 is 0 Å². The molecule has 5 heteroatoms. The van der Waals surface area contributed by atoms with Gasteiger partial charge in [-0.1, -0.05) is 20.8 Å². The molecule has 2 unspecified atom stereocenters. The van der Waals surface area contributed by atoms with Crippen LogP contribution in [0.1, 0.15) is 20.8 Å². The van der Waals surface area contributed by atoms with Gasteiger partial charge in [0.1, 0.15) is 6.10 Å². The average Bonchev–Trinajstić information content (AvgIpc) is 2.13. The normalized spacial score (nSPS) is 39.5. The summed E-state index contributed by atoms with van der Waals surface area (Å²) in [6.45, 7) is 4.48. The van der Waals surface area contributed by atoms with Crippen LogP contribution in [0.3, 0.4) is 0 Å². The molecule has 1 aliphatic heterocycles. The molecule has 1 fully saturated rings. The molecule has 78 valence electrons. The van der Waals surface area contributed by atoms with Gasteiger partial charge in [-0.15, -0.1) is 0 Å². The second-order valence-corrected chi connectivity index (χ2v) is 4.45. The van der Waals surface area contributed by atoms with Crippen LogP contribution in [0, 0.1) is 5.41 Å². The molecule has 1 rings (SSSR count). The molecule has 0 amide bonds. The monoisotopic (exact) mass is 192 g/mol. The summed E-state index contributed by atoms with van der Waals surface area (Å²) in [6, 6.07) is 0. The van der Waals surface area contributed by atoms with Crippen molar-refractivity contribution in [3.8, 4) is 0 Å². The van der Waals surface area contributed by atoms with E-state index in [9.17, 15) is 20.4 Å². The molecule has 0 aromatic rings. The Hall–Kier alpha value is -0.200. The molecule has 0 radical (unpaired) electrons. The lowest BCUT2D eigenvalue weighted by Crippen LogP contribution is -2.62. The van der Waals surface area contributed by atoms with E-state index in [2.05, 4.69) is 0 Å². The summed E-state index contributed by atoms with van der Waals surface area (Å²) >= 11 is 0. The van der Waals surface area contributed by atoms with Gasteiger partial charge < -0.3 is 25.2 Å². The van der Waals surface area contributed by atoms with Crippen molar-refractivity contribution in [1.82, 2.24) is 0 Å². The number of aliphatic hydroxyl groups excluding tert-OH is 1. The minimum absolute atomic E-state index is 0.291. The second kappa shape index (κ2) is 2.65. The Labute approximate surface area is 76.6 Å². The number of ether oxygens (including phenoxy) is 1. The molecule has 13 heavy (non-hydrogen) atoms. The van der Waals surface area contributed by atoms with Crippen molar-refractivity contribution in [2.24, 2.45) is 5.41 Å². The van der Waals surface area contributed by atoms with Crippen molar-refractivity contribution < 1.29 is 25.2 Å². The van der Waals surface area contributed by atoms with E-state index in [1.807, 2.05) is 0 Å². The molecule has 2 atom stereocenters. The van der Waals surface area contributed by atoms with Crippen LogP contribution in [0.15, 0.2) is 0 Å². The SMILES string of the molecule is CC(C)(C)C1(O)OCC(O)C1(O)O. The van der Waals surface area contributed by atoms with Gasteiger partial charge in [0.05, 0.1) is 6.61 Å². The Morgan fingerprint density at radius 2 is 1.69 bits per heavy atom. The Bertz CT molecular complexity index is 207. The molecule has 1 aliphatic rings. The number of rotatable bonds is 0. The molecule has 4 N–H and O–H groups in total. The topological polar surface area (TPSA) is 90.2 Å². The standard InChI is InChI=1S/C8H16O5/c1-6(2,3)8(12)7(10,11)5(9)4-13-8/h5,9-12H,4H2,1-3H3. The van der Waals surface area contributed by atoms with E-state index in [1.165, 1.54) is 0 Å². The van der Waals surface area contributed by atoms with E-state index >= 15 is 0 Å². The van der Waals surface area contributed by atoms with E-state index in [0.717, 1.165) is 0 Å². The zero-order chi connectivity index (χ0) is 10.5. The molecular weight excluding hydrogens is 176 g/mol. The largest absolute Gasteiger partial charge is 0.385 e. The zero-order valence-electron chi connectivity index (χ0n) is 7.98. The van der Waals surface area contributed by atoms with Crippen molar-refractivity contribution in [3.63, 3.8) is 0 Å². The lowest BCUT2D eigenvalue weighted by molar-refractivity contribution is -0.377. The first kappa shape index (κ1) is 10.9. The summed E-state index contributed by atoms with van der Waals surface area (Å²) in [7, 11) is 0. The minimum Gasteiger partial charge on any atom is -0.385 e. The number of aliphatic hydroxyl groups is 4. The summed E-state index contributed by atoms with van der Waals surface area (Å²) < 4.78 is 4.84. The summed E-state index contributed by atoms with van der Waals surface area (Å²) in [4.78, 5) is 0. The highest BCUT2D eigenvalue weighted by molar-refractivity contribution is 5.02. The van der Waals surface area contributed by atoms with Gasteiger partial charge in [0.2, 0.25) is 11.6 Å². The van der Waals surface area contributed by atoms with Crippen LogP contribution in [0.2, 0.25) is 0 Å². The third-order valence-electron chi connectivity index (χ3n) is 2.43. The van der Waals surface area contributed by atoms with Crippen molar-refractivity contribution in [3.05, 3.63) is 0 Å². The van der Waals surface area contributed by atoms with Crippen LogP contribution >= 0.6 is 0 Å². The molecule has 1 saturated heterocycles. The maximum Gasteiger partial charge on any atom is 0.248 e. The van der Waals surface area contributed by atoms with Crippen LogP contribution in [0.5, 0.6) is 0 Å². The molecule has 1 heterocycles. The maximum atomic E-state index is 9.84. The van der Waals surface area contributed by atoms with E-state index in [1.54, 1.807) is 20.8 Å². The average molecular weight is 192 g/mol. The van der Waals surface area contributed by atoms with Gasteiger partial charge in [-0.3, -0.25) is 0 Å². The third-order valence-corrected chi connectivity index (χ3v) is 2.43. The van der Waals surface area contributed by atoms with E-state index in [0.29, 0.717) is 0 Å². The fraction of sp³-hybridized carbons (Fsp3) is 1.00. The lowest BCUT2D eigenvalue weighted by atomic mass is 9.80. The van der Waals surface area contributed by atoms with Gasteiger partial charge in [0, 0.05) is 5.41 Å². The summed E-state index contributed by atoms with van der Waals surface area (Å²) in [5, 5.41) is 37.9. The van der Waals surface area contributed by atoms with Gasteiger partial charge in [-0.05, 0) is 0 Å². The fourth-order valence-electron chi connectivity index (χ4n) is 1.42. The zero-order valence-corrected chi connectivity index (χ0v) is 7.98. The first-order valence-corrected chi connectivity index (χ1v) is 4.12. The van der Waals surface area contributed by atoms with Crippen molar-refractivity contribution in [2.45, 2.75) is 38.4 Å². The summed E-state index contributed by atoms with van der Waals surface area (Å²) in [5.74, 6) is -4.76. The lowest BCUT2D eigenvalue weighted by Gasteiger charge is -2.42. The maximum absolute atomic E-state index is 9.84. The molecular formula is C8H16O5. The van der Waals surface area contributed by atoms with Crippen LogP contribution < -0.4 is 0 Å². The Morgan fingerprint density at radius 3 is 1.85 bits per heavy atom. The molecule has 5 nitrogen and oxygen atoms in total. The smallest absolute Gasteiger partial charge is 0.248 e. The minimum atomic E-state index is -2.62. The molecule has 0 bridgehead atoms. The summed E-state index contributed by atoms with van der Waals surface area (Å²) in [5.41, 5.74) is -0.895. The van der Waals surface area contributed by atoms with E-state index < -0.39 is 23.1 Å². The highest BCUT2D eigenvalue weighted by Crippen LogP contribution is 2.44. The van der Waals surface area contributed by atoms with E-state index in [-0.39, 0.29) is 6.61 Å². The van der Waals surface area contributed by atoms with Crippen LogP contribution in [-0.2, 0) is 4.74 Å². The molecule has 0 aliphatic carbocycles. The number of hydrogen-bond acceptors (Lipinski definition) is 5. The van der Waals surface area contributed by atoms with Crippen molar-refractivity contribution in [1.29, 1.82) is 0 Å². The van der Waals surface area contributed by atoms with Gasteiger partial charge in [-0.25, -0.2) is 0 Å². The van der Waals surface area contributed by atoms with E-state index in [4.69, 9.17) is 4.74 Å². The third kappa shape index (κ3) is 1.28. The fourth-order valence-corrected chi connectivity index (χ4v) is 1.42. The van der Waals surface area contributed by atoms with Crippen molar-refractivity contribution >= 4 is 0 Å². The van der Waals surface area contributed by atoms with Gasteiger partial charge in [0.25, 0.3) is 0 Å². The highest BCUT2D eigenvalue weighted by Gasteiger charge is 2.65. The van der Waals surface area contributed by atoms with Gasteiger partial charge in [-0.2, -0.15) is 0 Å². The Balaban J connectivity index is 3.06. The quantitative estimate of drug-likeness (QED) is 0.362. The Morgan fingerprint density at radius 1 is 1.23 bits per heavy atom. The highest BCUT2D eigenvalue weighted by atomic mass is 16.7.